The molecule has 1 amide bonds. The van der Waals surface area contributed by atoms with Gasteiger partial charge in [-0.1, -0.05) is 18.2 Å². The summed E-state index contributed by atoms with van der Waals surface area (Å²) in [6.07, 6.45) is 2.40. The number of imidazole rings is 1. The van der Waals surface area contributed by atoms with Gasteiger partial charge in [-0.15, -0.1) is 0 Å². The highest BCUT2D eigenvalue weighted by atomic mass is 19.1. The molecule has 1 N–H and O–H groups in total. The molecule has 8 nitrogen and oxygen atoms in total. The Hall–Kier alpha value is -3.56. The van der Waals surface area contributed by atoms with Gasteiger partial charge < -0.3 is 14.7 Å². The second kappa shape index (κ2) is 9.59. The lowest BCUT2D eigenvalue weighted by Crippen LogP contribution is -2.38. The number of benzene rings is 1. The van der Waals surface area contributed by atoms with E-state index in [0.717, 1.165) is 19.6 Å². The van der Waals surface area contributed by atoms with Crippen molar-refractivity contribution in [1.82, 2.24) is 19.2 Å². The average Bonchev–Trinajstić information content (AvgIpc) is 3.33. The van der Waals surface area contributed by atoms with Gasteiger partial charge in [0.2, 0.25) is 0 Å². The Morgan fingerprint density at radius 2 is 1.86 bits per heavy atom. The van der Waals surface area contributed by atoms with Crippen LogP contribution in [0.3, 0.4) is 0 Å². The van der Waals surface area contributed by atoms with Crippen molar-refractivity contribution in [2.45, 2.75) is 19.4 Å². The van der Waals surface area contributed by atoms with Crippen LogP contribution < -0.4 is 0 Å². The number of carbonyl (C=O) groups excluding carboxylic acids is 2. The van der Waals surface area contributed by atoms with Gasteiger partial charge in [0.25, 0.3) is 11.7 Å². The topological polar surface area (TPSA) is 87.4 Å². The quantitative estimate of drug-likeness (QED) is 0.333. The minimum Gasteiger partial charge on any atom is -0.505 e. The molecule has 2 fully saturated rings. The molecule has 9 heteroatoms. The van der Waals surface area contributed by atoms with Gasteiger partial charge in [-0.3, -0.25) is 18.9 Å². The molecule has 1 atom stereocenters. The Kier molecular flexibility index (Phi) is 6.36. The van der Waals surface area contributed by atoms with Gasteiger partial charge in [-0.2, -0.15) is 0 Å². The summed E-state index contributed by atoms with van der Waals surface area (Å²) in [7, 11) is 0. The minimum absolute atomic E-state index is 0.0123. The van der Waals surface area contributed by atoms with E-state index < -0.39 is 23.5 Å². The van der Waals surface area contributed by atoms with E-state index in [1.807, 2.05) is 6.07 Å². The number of carbonyl (C=O) groups is 2. The molecule has 0 saturated carbocycles. The van der Waals surface area contributed by atoms with Crippen molar-refractivity contribution < 1.29 is 23.8 Å². The van der Waals surface area contributed by atoms with Gasteiger partial charge >= 0.3 is 0 Å². The van der Waals surface area contributed by atoms with Gasteiger partial charge in [0.15, 0.2) is 5.76 Å². The predicted molar refractivity (Wildman–Crippen MR) is 127 cm³/mol. The van der Waals surface area contributed by atoms with E-state index in [9.17, 15) is 19.1 Å². The molecule has 2 aliphatic heterocycles. The second-order valence-electron chi connectivity index (χ2n) is 8.83. The molecule has 4 heterocycles. The highest BCUT2D eigenvalue weighted by Crippen LogP contribution is 2.40. The van der Waals surface area contributed by atoms with Gasteiger partial charge in [0.05, 0.1) is 30.5 Å². The number of aryl methyl sites for hydroxylation is 1. The first-order valence-corrected chi connectivity index (χ1v) is 11.7. The molecule has 3 aromatic rings. The van der Waals surface area contributed by atoms with Crippen LogP contribution in [0.1, 0.15) is 29.4 Å². The normalized spacial score (nSPS) is 20.7. The van der Waals surface area contributed by atoms with Crippen LogP contribution in [0.25, 0.3) is 11.4 Å². The molecular formula is C26H27FN4O4. The first-order chi connectivity index (χ1) is 17.0. The molecule has 182 valence electrons. The molecule has 35 heavy (non-hydrogen) atoms. The van der Waals surface area contributed by atoms with Gasteiger partial charge in [-0.05, 0) is 43.2 Å². The molecule has 2 aromatic heterocycles. The fraction of sp³-hybridized carbons (Fsp3) is 0.346. The Labute approximate surface area is 202 Å². The van der Waals surface area contributed by atoms with Crippen LogP contribution in [-0.4, -0.2) is 75.4 Å². The lowest BCUT2D eigenvalue weighted by Gasteiger charge is -2.29. The number of rotatable bonds is 6. The highest BCUT2D eigenvalue weighted by molar-refractivity contribution is 6.46. The number of morpholine rings is 1. The highest BCUT2D eigenvalue weighted by Gasteiger charge is 2.46. The number of aliphatic hydroxyl groups excluding tert-OH is 1. The van der Waals surface area contributed by atoms with Crippen LogP contribution in [0.2, 0.25) is 0 Å². The number of Topliss-reactive ketones (excluding diaryl/α,β-unsaturated/α-hetero) is 1. The van der Waals surface area contributed by atoms with Gasteiger partial charge in [-0.25, -0.2) is 9.37 Å². The number of hydrogen-bond donors (Lipinski definition) is 1. The number of fused-ring (bicyclic) bond motifs is 1. The number of halogens is 1. The van der Waals surface area contributed by atoms with Crippen molar-refractivity contribution in [1.29, 1.82) is 0 Å². The number of nitrogens with zero attached hydrogens (tertiary/aromatic N) is 4. The van der Waals surface area contributed by atoms with E-state index in [1.165, 1.54) is 17.0 Å². The fourth-order valence-corrected chi connectivity index (χ4v) is 4.92. The minimum atomic E-state index is -0.825. The molecule has 0 bridgehead atoms. The third kappa shape index (κ3) is 4.33. The van der Waals surface area contributed by atoms with E-state index in [-0.39, 0.29) is 11.3 Å². The number of aromatic nitrogens is 2. The van der Waals surface area contributed by atoms with E-state index in [4.69, 9.17) is 4.74 Å². The first-order valence-electron chi connectivity index (χ1n) is 11.7. The number of likely N-dealkylation sites (tertiary alicyclic amines) is 1. The van der Waals surface area contributed by atoms with Crippen LogP contribution in [0.4, 0.5) is 4.39 Å². The number of aliphatic hydroxyl groups is 1. The van der Waals surface area contributed by atoms with Crippen LogP contribution in [0.15, 0.2) is 54.2 Å². The first kappa shape index (κ1) is 23.2. The van der Waals surface area contributed by atoms with E-state index in [2.05, 4.69) is 9.88 Å². The zero-order chi connectivity index (χ0) is 24.5. The molecule has 2 saturated heterocycles. The molecule has 0 unspecified atom stereocenters. The predicted octanol–water partition coefficient (Wildman–Crippen LogP) is 2.93. The van der Waals surface area contributed by atoms with Gasteiger partial charge in [0.1, 0.15) is 17.2 Å². The Morgan fingerprint density at radius 1 is 1.11 bits per heavy atom. The molecule has 0 radical (unpaired) electrons. The van der Waals surface area contributed by atoms with Crippen molar-refractivity contribution >= 4 is 23.1 Å². The molecule has 0 aliphatic carbocycles. The maximum atomic E-state index is 13.7. The number of ketones is 1. The third-order valence-corrected chi connectivity index (χ3v) is 6.63. The lowest BCUT2D eigenvalue weighted by atomic mass is 9.96. The van der Waals surface area contributed by atoms with E-state index in [0.29, 0.717) is 48.8 Å². The number of ether oxygens (including phenoxy) is 1. The number of amides is 1. The molecule has 1 aromatic carbocycles. The zero-order valence-electron chi connectivity index (χ0n) is 19.5. The zero-order valence-corrected chi connectivity index (χ0v) is 19.5. The van der Waals surface area contributed by atoms with Crippen molar-refractivity contribution in [2.24, 2.45) is 0 Å². The molecule has 0 spiro atoms. The Bertz CT molecular complexity index is 1290. The smallest absolute Gasteiger partial charge is 0.295 e. The standard InChI is InChI=1S/C26H27FN4O4/c1-17-22(30-11-3-2-5-20(30)28-17)24(32)21-23(18-6-8-19(27)9-7-18)31(26(34)25(21)33)12-4-10-29-13-15-35-16-14-29/h2-3,5-9,11,23,32H,4,10,12-16H2,1H3/t23-/m1/s1. The van der Waals surface area contributed by atoms with Crippen molar-refractivity contribution in [3.8, 4) is 0 Å². The summed E-state index contributed by atoms with van der Waals surface area (Å²) in [5.41, 5.74) is 2.06. The molecule has 5 rings (SSSR count). The van der Waals surface area contributed by atoms with Gasteiger partial charge in [0, 0.05) is 32.4 Å². The second-order valence-corrected chi connectivity index (χ2v) is 8.83. The summed E-state index contributed by atoms with van der Waals surface area (Å²) >= 11 is 0. The van der Waals surface area contributed by atoms with Crippen LogP contribution in [-0.2, 0) is 14.3 Å². The Morgan fingerprint density at radius 3 is 2.60 bits per heavy atom. The lowest BCUT2D eigenvalue weighted by molar-refractivity contribution is -0.140. The molecule has 2 aliphatic rings. The molecular weight excluding hydrogens is 451 g/mol. The van der Waals surface area contributed by atoms with Crippen LogP contribution in [0, 0.1) is 12.7 Å². The maximum absolute atomic E-state index is 13.7. The van der Waals surface area contributed by atoms with Crippen LogP contribution >= 0.6 is 0 Å². The summed E-state index contributed by atoms with van der Waals surface area (Å²) in [6, 6.07) is 10.3. The van der Waals surface area contributed by atoms with E-state index >= 15 is 0 Å². The van der Waals surface area contributed by atoms with Crippen molar-refractivity contribution in [2.75, 3.05) is 39.4 Å². The van der Waals surface area contributed by atoms with Crippen molar-refractivity contribution in [3.63, 3.8) is 0 Å². The van der Waals surface area contributed by atoms with Crippen LogP contribution in [0.5, 0.6) is 0 Å². The fourth-order valence-electron chi connectivity index (χ4n) is 4.92. The Balaban J connectivity index is 1.54. The number of pyridine rings is 1. The maximum Gasteiger partial charge on any atom is 0.295 e. The average molecular weight is 479 g/mol. The third-order valence-electron chi connectivity index (χ3n) is 6.63. The summed E-state index contributed by atoms with van der Waals surface area (Å²) in [4.78, 5) is 34.7. The summed E-state index contributed by atoms with van der Waals surface area (Å²) in [6.45, 7) is 5.84. The van der Waals surface area contributed by atoms with Crippen molar-refractivity contribution in [3.05, 3.63) is 77.0 Å². The summed E-state index contributed by atoms with van der Waals surface area (Å²) in [5.74, 6) is -2.14. The summed E-state index contributed by atoms with van der Waals surface area (Å²) in [5, 5.41) is 11.4. The number of hydrogen-bond acceptors (Lipinski definition) is 6. The summed E-state index contributed by atoms with van der Waals surface area (Å²) < 4.78 is 20.8. The monoisotopic (exact) mass is 478 g/mol. The largest absolute Gasteiger partial charge is 0.505 e. The van der Waals surface area contributed by atoms with E-state index in [1.54, 1.807) is 41.8 Å². The SMILES string of the molecule is Cc1nc2ccccn2c1C(O)=C1C(=O)C(=O)N(CCCN2CCOCC2)[C@@H]1c1ccc(F)cc1.